The molecule has 7 heteroatoms. The van der Waals surface area contributed by atoms with Crippen molar-refractivity contribution in [1.82, 2.24) is 0 Å². The van der Waals surface area contributed by atoms with Crippen molar-refractivity contribution >= 4 is 23.6 Å². The van der Waals surface area contributed by atoms with Gasteiger partial charge in [-0.3, -0.25) is 4.79 Å². The van der Waals surface area contributed by atoms with Crippen molar-refractivity contribution < 1.29 is 24.2 Å². The number of phenols is 1. The molecule has 7 nitrogen and oxygen atoms in total. The van der Waals surface area contributed by atoms with Gasteiger partial charge in [-0.2, -0.15) is 10.2 Å². The van der Waals surface area contributed by atoms with E-state index in [2.05, 4.69) is 10.2 Å². The third-order valence-electron chi connectivity index (χ3n) is 3.10. The molecular formula is C17H16N2O5. The Morgan fingerprint density at radius 2 is 1.83 bits per heavy atom. The van der Waals surface area contributed by atoms with Crippen molar-refractivity contribution in [3.05, 3.63) is 47.5 Å². The predicted molar refractivity (Wildman–Crippen MR) is 86.6 cm³/mol. The molecule has 24 heavy (non-hydrogen) atoms. The number of azo groups is 1. The topological polar surface area (TPSA) is 97.6 Å². The molecule has 0 bridgehead atoms. The number of aromatic hydroxyl groups is 1. The molecule has 0 saturated carbocycles. The summed E-state index contributed by atoms with van der Waals surface area (Å²) in [6.07, 6.45) is 0.505. The van der Waals surface area contributed by atoms with Crippen LogP contribution in [0, 0.1) is 0 Å². The second-order valence-corrected chi connectivity index (χ2v) is 4.67. The number of hydrogen-bond acceptors (Lipinski definition) is 7. The molecule has 2 aromatic rings. The van der Waals surface area contributed by atoms with Gasteiger partial charge in [0.25, 0.3) is 0 Å². The number of carbonyl (C=O) groups excluding carboxylic acids is 2. The van der Waals surface area contributed by atoms with E-state index in [9.17, 15) is 14.7 Å². The highest BCUT2D eigenvalue weighted by Crippen LogP contribution is 2.34. The van der Waals surface area contributed by atoms with Gasteiger partial charge in [-0.25, -0.2) is 4.79 Å². The molecule has 0 aliphatic carbocycles. The van der Waals surface area contributed by atoms with Crippen LogP contribution in [0.3, 0.4) is 0 Å². The summed E-state index contributed by atoms with van der Waals surface area (Å²) < 4.78 is 9.88. The molecule has 0 atom stereocenters. The summed E-state index contributed by atoms with van der Waals surface area (Å²) in [5.74, 6) is -0.517. The van der Waals surface area contributed by atoms with E-state index >= 15 is 0 Å². The van der Waals surface area contributed by atoms with Crippen molar-refractivity contribution in [3.8, 4) is 11.5 Å². The largest absolute Gasteiger partial charge is 0.504 e. The van der Waals surface area contributed by atoms with Crippen LogP contribution >= 0.6 is 0 Å². The van der Waals surface area contributed by atoms with Gasteiger partial charge in [0.2, 0.25) is 0 Å². The van der Waals surface area contributed by atoms with E-state index in [1.807, 2.05) is 0 Å². The van der Waals surface area contributed by atoms with Crippen molar-refractivity contribution in [2.24, 2.45) is 10.2 Å². The number of phenolic OH excluding ortho intramolecular Hbond substituents is 1. The van der Waals surface area contributed by atoms with Gasteiger partial charge in [0.05, 0.1) is 36.2 Å². The van der Waals surface area contributed by atoms with E-state index in [1.165, 1.54) is 19.2 Å². The maximum atomic E-state index is 11.6. The van der Waals surface area contributed by atoms with Crippen LogP contribution in [-0.2, 0) is 4.74 Å². The van der Waals surface area contributed by atoms with E-state index in [0.717, 1.165) is 0 Å². The van der Waals surface area contributed by atoms with Crippen LogP contribution in [0.4, 0.5) is 11.4 Å². The molecule has 0 heterocycles. The molecule has 0 aliphatic rings. The van der Waals surface area contributed by atoms with Crippen molar-refractivity contribution in [3.63, 3.8) is 0 Å². The first-order chi connectivity index (χ1) is 11.6. The third kappa shape index (κ3) is 3.95. The number of rotatable bonds is 6. The number of nitrogens with zero attached hydrogens (tertiary/aromatic N) is 2. The molecule has 0 aliphatic heterocycles. The Morgan fingerprint density at radius 3 is 2.42 bits per heavy atom. The minimum absolute atomic E-state index is 0.0564. The zero-order valence-electron chi connectivity index (χ0n) is 13.2. The lowest BCUT2D eigenvalue weighted by Crippen LogP contribution is -2.03. The molecule has 0 unspecified atom stereocenters. The van der Waals surface area contributed by atoms with Crippen LogP contribution in [0.1, 0.15) is 27.6 Å². The monoisotopic (exact) mass is 328 g/mol. The lowest BCUT2D eigenvalue weighted by atomic mass is 10.2. The molecule has 0 saturated heterocycles. The highest BCUT2D eigenvalue weighted by molar-refractivity contribution is 5.89. The first kappa shape index (κ1) is 17.1. The standard InChI is InChI=1S/C17H16N2O5/c1-3-24-17(22)11-4-6-13(7-5-11)18-19-14-8-12(10-20)16(21)15(9-14)23-2/h4-10,21H,3H2,1-2H3. The maximum Gasteiger partial charge on any atom is 0.338 e. The highest BCUT2D eigenvalue weighted by Gasteiger charge is 2.10. The molecule has 0 radical (unpaired) electrons. The average Bonchev–Trinajstić information content (AvgIpc) is 2.61. The summed E-state index contributed by atoms with van der Waals surface area (Å²) in [6.45, 7) is 2.04. The Morgan fingerprint density at radius 1 is 1.17 bits per heavy atom. The number of methoxy groups -OCH3 is 1. The Balaban J connectivity index is 2.22. The molecule has 0 fully saturated rings. The van der Waals surface area contributed by atoms with E-state index in [0.29, 0.717) is 29.8 Å². The smallest absolute Gasteiger partial charge is 0.338 e. The van der Waals surface area contributed by atoms with E-state index in [4.69, 9.17) is 9.47 Å². The quantitative estimate of drug-likeness (QED) is 0.494. The molecule has 2 rings (SSSR count). The maximum absolute atomic E-state index is 11.6. The SMILES string of the molecule is CCOC(=O)c1ccc(N=Nc2cc(C=O)c(O)c(OC)c2)cc1. The lowest BCUT2D eigenvalue weighted by Gasteiger charge is -2.06. The van der Waals surface area contributed by atoms with Crippen molar-refractivity contribution in [2.75, 3.05) is 13.7 Å². The third-order valence-corrected chi connectivity index (χ3v) is 3.10. The highest BCUT2D eigenvalue weighted by atomic mass is 16.5. The lowest BCUT2D eigenvalue weighted by molar-refractivity contribution is 0.0526. The predicted octanol–water partition coefficient (Wildman–Crippen LogP) is 3.81. The van der Waals surface area contributed by atoms with Crippen LogP contribution in [0.2, 0.25) is 0 Å². The van der Waals surface area contributed by atoms with Gasteiger partial charge >= 0.3 is 5.97 Å². The van der Waals surface area contributed by atoms with E-state index < -0.39 is 5.97 Å². The van der Waals surface area contributed by atoms with Crippen LogP contribution in [0.15, 0.2) is 46.6 Å². The molecule has 124 valence electrons. The fraction of sp³-hybridized carbons (Fsp3) is 0.176. The average molecular weight is 328 g/mol. The summed E-state index contributed by atoms with van der Waals surface area (Å²) in [5, 5.41) is 17.8. The zero-order chi connectivity index (χ0) is 17.5. The normalized spacial score (nSPS) is 10.6. The van der Waals surface area contributed by atoms with Crippen molar-refractivity contribution in [2.45, 2.75) is 6.92 Å². The zero-order valence-corrected chi connectivity index (χ0v) is 13.2. The molecule has 0 amide bonds. The summed E-state index contributed by atoms with van der Waals surface area (Å²) in [6, 6.07) is 9.25. The van der Waals surface area contributed by atoms with Crippen LogP contribution in [0.25, 0.3) is 0 Å². The summed E-state index contributed by atoms with van der Waals surface area (Å²) in [5.41, 5.74) is 1.34. The minimum Gasteiger partial charge on any atom is -0.504 e. The van der Waals surface area contributed by atoms with Gasteiger partial charge in [-0.05, 0) is 37.3 Å². The van der Waals surface area contributed by atoms with E-state index in [1.54, 1.807) is 31.2 Å². The summed E-state index contributed by atoms with van der Waals surface area (Å²) in [7, 11) is 1.37. The number of aldehydes is 1. The van der Waals surface area contributed by atoms with Crippen molar-refractivity contribution in [1.29, 1.82) is 0 Å². The Hall–Kier alpha value is -3.22. The van der Waals surface area contributed by atoms with Crippen LogP contribution in [-0.4, -0.2) is 31.1 Å². The Kier molecular flexibility index (Phi) is 5.62. The first-order valence-corrected chi connectivity index (χ1v) is 7.14. The fourth-order valence-corrected chi connectivity index (χ4v) is 1.91. The van der Waals surface area contributed by atoms with Gasteiger partial charge in [0.1, 0.15) is 0 Å². The minimum atomic E-state index is -0.403. The van der Waals surface area contributed by atoms with Gasteiger partial charge in [-0.15, -0.1) is 0 Å². The number of esters is 1. The first-order valence-electron chi connectivity index (χ1n) is 7.14. The van der Waals surface area contributed by atoms with Gasteiger partial charge in [0, 0.05) is 6.07 Å². The number of benzene rings is 2. The summed E-state index contributed by atoms with van der Waals surface area (Å²) >= 11 is 0. The molecule has 0 spiro atoms. The Labute approximate surface area is 138 Å². The van der Waals surface area contributed by atoms with Gasteiger partial charge < -0.3 is 14.6 Å². The second kappa shape index (κ2) is 7.87. The van der Waals surface area contributed by atoms with Gasteiger partial charge in [-0.1, -0.05) is 0 Å². The summed E-state index contributed by atoms with van der Waals surface area (Å²) in [4.78, 5) is 22.5. The number of carbonyl (C=O) groups is 2. The molecule has 0 aromatic heterocycles. The molecule has 2 aromatic carbocycles. The Bertz CT molecular complexity index is 769. The second-order valence-electron chi connectivity index (χ2n) is 4.67. The number of ether oxygens (including phenoxy) is 2. The number of hydrogen-bond donors (Lipinski definition) is 1. The molecule has 1 N–H and O–H groups in total. The van der Waals surface area contributed by atoms with Crippen LogP contribution in [0.5, 0.6) is 11.5 Å². The van der Waals surface area contributed by atoms with Crippen LogP contribution < -0.4 is 4.74 Å². The fourth-order valence-electron chi connectivity index (χ4n) is 1.91. The van der Waals surface area contributed by atoms with Gasteiger partial charge in [0.15, 0.2) is 17.8 Å². The van der Waals surface area contributed by atoms with E-state index in [-0.39, 0.29) is 17.1 Å². The molecular weight excluding hydrogens is 312 g/mol.